The van der Waals surface area contributed by atoms with Gasteiger partial charge in [0, 0.05) is 18.7 Å². The van der Waals surface area contributed by atoms with Crippen LogP contribution in [0.15, 0.2) is 0 Å². The Labute approximate surface area is 176 Å². The van der Waals surface area contributed by atoms with Crippen LogP contribution in [0.25, 0.3) is 0 Å². The summed E-state index contributed by atoms with van der Waals surface area (Å²) in [6.45, 7) is 11.1. The molecule has 0 bridgehead atoms. The molecule has 168 valence electrons. The first-order valence-corrected chi connectivity index (χ1v) is 11.5. The third-order valence-electron chi connectivity index (χ3n) is 3.62. The van der Waals surface area contributed by atoms with Gasteiger partial charge in [0.25, 0.3) is 0 Å². The average Bonchev–Trinajstić information content (AvgIpc) is 2.81. The van der Waals surface area contributed by atoms with Gasteiger partial charge in [0.15, 0.2) is 5.12 Å². The highest BCUT2D eigenvalue weighted by molar-refractivity contribution is 8.14. The molecule has 12 heteroatoms. The molecule has 1 aliphatic heterocycles. The number of ether oxygens (including phenoxy) is 2. The Bertz CT molecular complexity index is 741. The summed E-state index contributed by atoms with van der Waals surface area (Å²) in [7, 11) is -4.44. The van der Waals surface area contributed by atoms with E-state index in [0.29, 0.717) is 4.31 Å². The van der Waals surface area contributed by atoms with Crippen LogP contribution >= 0.6 is 11.8 Å². The number of nitrogens with two attached hydrogens (primary N) is 1. The highest BCUT2D eigenvalue weighted by Gasteiger charge is 2.42. The van der Waals surface area contributed by atoms with E-state index in [9.17, 15) is 22.8 Å². The number of carbonyl (C=O) groups is 3. The second-order valence-corrected chi connectivity index (χ2v) is 11.8. The molecule has 1 heterocycles. The van der Waals surface area contributed by atoms with E-state index in [4.69, 9.17) is 14.6 Å². The van der Waals surface area contributed by atoms with Crippen molar-refractivity contribution >= 4 is 39.3 Å². The van der Waals surface area contributed by atoms with Gasteiger partial charge in [-0.15, -0.1) is 0 Å². The molecule has 2 unspecified atom stereocenters. The predicted molar refractivity (Wildman–Crippen MR) is 109 cm³/mol. The van der Waals surface area contributed by atoms with Crippen molar-refractivity contribution in [2.24, 2.45) is 5.14 Å². The summed E-state index contributed by atoms with van der Waals surface area (Å²) >= 11 is 1.05. The average molecular weight is 454 g/mol. The maximum Gasteiger partial charge on any atom is 0.425 e. The lowest BCUT2D eigenvalue weighted by Crippen LogP contribution is -2.51. The zero-order valence-corrected chi connectivity index (χ0v) is 19.6. The Morgan fingerprint density at radius 1 is 1.10 bits per heavy atom. The minimum absolute atomic E-state index is 0.129. The molecule has 0 aromatic carbocycles. The van der Waals surface area contributed by atoms with Gasteiger partial charge in [0.2, 0.25) is 0 Å². The SMILES string of the molecule is CC(=O)SC1CC(CN(C(=O)OC(C)(C)C)S(N)(=O)=O)N(C(=O)OC(C)(C)C)C1. The molecule has 2 amide bonds. The molecule has 29 heavy (non-hydrogen) atoms. The second kappa shape index (κ2) is 9.09. The Hall–Kier alpha value is -1.53. The lowest BCUT2D eigenvalue weighted by atomic mass is 10.2. The summed E-state index contributed by atoms with van der Waals surface area (Å²) in [5, 5.41) is 4.83. The fraction of sp³-hybridized carbons (Fsp3) is 0.824. The van der Waals surface area contributed by atoms with Gasteiger partial charge in [-0.1, -0.05) is 11.8 Å². The Morgan fingerprint density at radius 2 is 1.62 bits per heavy atom. The molecule has 10 nitrogen and oxygen atoms in total. The quantitative estimate of drug-likeness (QED) is 0.683. The minimum Gasteiger partial charge on any atom is -0.444 e. The van der Waals surface area contributed by atoms with Crippen LogP contribution in [0.2, 0.25) is 0 Å². The lowest BCUT2D eigenvalue weighted by Gasteiger charge is -2.32. The standard InChI is InChI=1S/C17H31N3O7S2/c1-11(21)28-13-8-12(19(10-13)14(22)26-16(2,3)4)9-20(29(18,24)25)15(23)27-17(5,6)7/h12-13H,8-10H2,1-7H3,(H2,18,24,25). The molecule has 0 aliphatic carbocycles. The van der Waals surface area contributed by atoms with Crippen molar-refractivity contribution in [3.63, 3.8) is 0 Å². The normalized spacial score (nSPS) is 20.3. The predicted octanol–water partition coefficient (Wildman–Crippen LogP) is 2.08. The molecule has 0 aromatic rings. The van der Waals surface area contributed by atoms with E-state index in [1.54, 1.807) is 41.5 Å². The zero-order chi connectivity index (χ0) is 22.8. The van der Waals surface area contributed by atoms with Gasteiger partial charge in [-0.25, -0.2) is 14.7 Å². The molecule has 0 saturated carbocycles. The zero-order valence-electron chi connectivity index (χ0n) is 17.9. The number of amides is 2. The number of thioether (sulfide) groups is 1. The van der Waals surface area contributed by atoms with E-state index in [1.165, 1.54) is 11.8 Å². The summed E-state index contributed by atoms with van der Waals surface area (Å²) in [6, 6.07) is -0.715. The molecular formula is C17H31N3O7S2. The Kier molecular flexibility index (Phi) is 7.99. The van der Waals surface area contributed by atoms with Crippen molar-refractivity contribution in [2.75, 3.05) is 13.1 Å². The van der Waals surface area contributed by atoms with Crippen molar-refractivity contribution in [3.8, 4) is 0 Å². The van der Waals surface area contributed by atoms with Crippen molar-refractivity contribution in [3.05, 3.63) is 0 Å². The van der Waals surface area contributed by atoms with Gasteiger partial charge >= 0.3 is 22.4 Å². The van der Waals surface area contributed by atoms with E-state index in [1.807, 2.05) is 0 Å². The number of hydrogen-bond acceptors (Lipinski definition) is 8. The smallest absolute Gasteiger partial charge is 0.425 e. The molecular weight excluding hydrogens is 422 g/mol. The molecule has 1 saturated heterocycles. The maximum atomic E-state index is 12.6. The van der Waals surface area contributed by atoms with Crippen LogP contribution in [0.4, 0.5) is 9.59 Å². The number of hydrogen-bond donors (Lipinski definition) is 1. The summed E-state index contributed by atoms with van der Waals surface area (Å²) in [5.41, 5.74) is -1.70. The minimum atomic E-state index is -4.44. The van der Waals surface area contributed by atoms with Crippen LogP contribution in [0.5, 0.6) is 0 Å². The van der Waals surface area contributed by atoms with Crippen molar-refractivity contribution < 1.29 is 32.3 Å². The van der Waals surface area contributed by atoms with E-state index in [0.717, 1.165) is 11.8 Å². The highest BCUT2D eigenvalue weighted by atomic mass is 32.2. The summed E-state index contributed by atoms with van der Waals surface area (Å²) < 4.78 is 35.0. The van der Waals surface area contributed by atoms with Gasteiger partial charge in [-0.2, -0.15) is 12.7 Å². The highest BCUT2D eigenvalue weighted by Crippen LogP contribution is 2.30. The van der Waals surface area contributed by atoms with E-state index in [2.05, 4.69) is 0 Å². The van der Waals surface area contributed by atoms with E-state index < -0.39 is 46.2 Å². The number of nitrogens with zero attached hydrogens (tertiary/aromatic N) is 2. The fourth-order valence-electron chi connectivity index (χ4n) is 2.70. The summed E-state index contributed by atoms with van der Waals surface area (Å²) in [5.74, 6) is 0. The Balaban J connectivity index is 3.12. The van der Waals surface area contributed by atoms with Crippen molar-refractivity contribution in [1.29, 1.82) is 0 Å². The van der Waals surface area contributed by atoms with Gasteiger partial charge < -0.3 is 14.4 Å². The maximum absolute atomic E-state index is 12.6. The van der Waals surface area contributed by atoms with Crippen LogP contribution in [-0.4, -0.2) is 70.5 Å². The number of carbonyl (C=O) groups excluding carboxylic acids is 3. The molecule has 1 aliphatic rings. The molecule has 2 atom stereocenters. The molecule has 1 rings (SSSR count). The van der Waals surface area contributed by atoms with Crippen LogP contribution in [0.3, 0.4) is 0 Å². The van der Waals surface area contributed by atoms with Crippen LogP contribution in [0, 0.1) is 0 Å². The topological polar surface area (TPSA) is 136 Å². The monoisotopic (exact) mass is 453 g/mol. The van der Waals surface area contributed by atoms with Crippen molar-refractivity contribution in [1.82, 2.24) is 9.21 Å². The van der Waals surface area contributed by atoms with Gasteiger partial charge in [-0.05, 0) is 48.0 Å². The van der Waals surface area contributed by atoms with Gasteiger partial charge in [-0.3, -0.25) is 4.79 Å². The summed E-state index contributed by atoms with van der Waals surface area (Å²) in [4.78, 5) is 37.8. The molecule has 0 radical (unpaired) electrons. The molecule has 1 fully saturated rings. The first kappa shape index (κ1) is 25.5. The third-order valence-corrected chi connectivity index (χ3v) is 5.54. The van der Waals surface area contributed by atoms with Gasteiger partial charge in [0.1, 0.15) is 11.2 Å². The Morgan fingerprint density at radius 3 is 2.03 bits per heavy atom. The number of likely N-dealkylation sites (tertiary alicyclic amines) is 1. The van der Waals surface area contributed by atoms with Crippen LogP contribution in [0.1, 0.15) is 54.9 Å². The van der Waals surface area contributed by atoms with Crippen LogP contribution in [-0.2, 0) is 24.5 Å². The van der Waals surface area contributed by atoms with Gasteiger partial charge in [0.05, 0.1) is 12.6 Å². The molecule has 0 aromatic heterocycles. The fourth-order valence-corrected chi connectivity index (χ4v) is 4.35. The van der Waals surface area contributed by atoms with Crippen LogP contribution < -0.4 is 5.14 Å². The molecule has 2 N–H and O–H groups in total. The number of rotatable bonds is 4. The molecule has 0 spiro atoms. The summed E-state index contributed by atoms with van der Waals surface area (Å²) in [6.07, 6.45) is -1.50. The third kappa shape index (κ3) is 8.79. The first-order chi connectivity index (χ1) is 12.9. The first-order valence-electron chi connectivity index (χ1n) is 9.09. The van der Waals surface area contributed by atoms with Crippen molar-refractivity contribution in [2.45, 2.75) is 77.4 Å². The largest absolute Gasteiger partial charge is 0.444 e. The second-order valence-electron chi connectivity index (χ2n) is 8.81. The van der Waals surface area contributed by atoms with E-state index >= 15 is 0 Å². The van der Waals surface area contributed by atoms with E-state index in [-0.39, 0.29) is 23.3 Å². The lowest BCUT2D eigenvalue weighted by molar-refractivity contribution is -0.109.